The summed E-state index contributed by atoms with van der Waals surface area (Å²) >= 11 is 0. The molecule has 2 rings (SSSR count). The highest BCUT2D eigenvalue weighted by Crippen LogP contribution is 2.23. The highest BCUT2D eigenvalue weighted by Gasteiger charge is 2.33. The molecule has 0 aromatic rings. The molecule has 1 atom stereocenters. The van der Waals surface area contributed by atoms with Gasteiger partial charge in [0.25, 0.3) is 0 Å². The predicted octanol–water partition coefficient (Wildman–Crippen LogP) is 0.396. The van der Waals surface area contributed by atoms with E-state index in [9.17, 15) is 4.79 Å². The lowest BCUT2D eigenvalue weighted by Gasteiger charge is -2.29. The van der Waals surface area contributed by atoms with Crippen molar-refractivity contribution in [2.75, 3.05) is 26.4 Å². The Labute approximate surface area is 90.2 Å². The minimum absolute atomic E-state index is 0.0698. The molecule has 4 nitrogen and oxygen atoms in total. The fourth-order valence-corrected chi connectivity index (χ4v) is 2.49. The van der Waals surface area contributed by atoms with Crippen molar-refractivity contribution >= 4 is 5.91 Å². The normalized spacial score (nSPS) is 28.3. The number of carbonyl (C=O) groups is 1. The fraction of sp³-hybridized carbons (Fsp3) is 0.909. The van der Waals surface area contributed by atoms with Crippen LogP contribution < -0.4 is 0 Å². The Bertz CT molecular complexity index is 226. The van der Waals surface area contributed by atoms with Crippen molar-refractivity contribution in [1.82, 2.24) is 4.90 Å². The van der Waals surface area contributed by atoms with Crippen molar-refractivity contribution < 1.29 is 14.6 Å². The van der Waals surface area contributed by atoms with E-state index in [2.05, 4.69) is 0 Å². The minimum atomic E-state index is 0.0698. The molecule has 15 heavy (non-hydrogen) atoms. The molecule has 2 heterocycles. The Morgan fingerprint density at radius 3 is 2.73 bits per heavy atom. The maximum Gasteiger partial charge on any atom is 0.226 e. The topological polar surface area (TPSA) is 49.8 Å². The van der Waals surface area contributed by atoms with Gasteiger partial charge in [-0.2, -0.15) is 0 Å². The van der Waals surface area contributed by atoms with E-state index in [1.165, 1.54) is 0 Å². The summed E-state index contributed by atoms with van der Waals surface area (Å²) in [5.74, 6) is 0.362. The van der Waals surface area contributed by atoms with Crippen molar-refractivity contribution in [1.29, 1.82) is 0 Å². The largest absolute Gasteiger partial charge is 0.394 e. The Balaban J connectivity index is 1.93. The van der Waals surface area contributed by atoms with E-state index in [0.29, 0.717) is 13.2 Å². The van der Waals surface area contributed by atoms with Gasteiger partial charge in [-0.15, -0.1) is 0 Å². The average Bonchev–Trinajstić information content (AvgIpc) is 2.77. The van der Waals surface area contributed by atoms with E-state index in [0.717, 1.165) is 32.2 Å². The third-order valence-corrected chi connectivity index (χ3v) is 3.44. The van der Waals surface area contributed by atoms with Crippen molar-refractivity contribution in [3.8, 4) is 0 Å². The van der Waals surface area contributed by atoms with Crippen LogP contribution in [0.2, 0.25) is 0 Å². The molecular formula is C11H19NO3. The van der Waals surface area contributed by atoms with Gasteiger partial charge in [0.15, 0.2) is 0 Å². The van der Waals surface area contributed by atoms with E-state index < -0.39 is 0 Å². The summed E-state index contributed by atoms with van der Waals surface area (Å²) in [6, 6.07) is 0.0698. The third kappa shape index (κ3) is 2.32. The molecule has 0 aromatic carbocycles. The van der Waals surface area contributed by atoms with Gasteiger partial charge in [0, 0.05) is 25.7 Å². The zero-order valence-corrected chi connectivity index (χ0v) is 9.02. The van der Waals surface area contributed by atoms with Gasteiger partial charge >= 0.3 is 0 Å². The number of hydrogen-bond acceptors (Lipinski definition) is 3. The first-order chi connectivity index (χ1) is 7.33. The molecule has 2 aliphatic rings. The SMILES string of the molecule is O=C(C1CCOCC1)N1CCC[C@H]1CO. The predicted molar refractivity (Wildman–Crippen MR) is 55.4 cm³/mol. The average molecular weight is 213 g/mol. The summed E-state index contributed by atoms with van der Waals surface area (Å²) in [4.78, 5) is 14.0. The van der Waals surface area contributed by atoms with E-state index in [1.807, 2.05) is 4.90 Å². The quantitative estimate of drug-likeness (QED) is 0.722. The van der Waals surface area contributed by atoms with Crippen LogP contribution in [0.25, 0.3) is 0 Å². The zero-order valence-electron chi connectivity index (χ0n) is 9.02. The van der Waals surface area contributed by atoms with Crippen LogP contribution in [0.3, 0.4) is 0 Å². The lowest BCUT2D eigenvalue weighted by molar-refractivity contribution is -0.140. The maximum atomic E-state index is 12.1. The molecule has 0 spiro atoms. The van der Waals surface area contributed by atoms with Crippen molar-refractivity contribution in [2.24, 2.45) is 5.92 Å². The monoisotopic (exact) mass is 213 g/mol. The van der Waals surface area contributed by atoms with E-state index in [1.54, 1.807) is 0 Å². The van der Waals surface area contributed by atoms with Crippen molar-refractivity contribution in [2.45, 2.75) is 31.7 Å². The number of carbonyl (C=O) groups excluding carboxylic acids is 1. The highest BCUT2D eigenvalue weighted by atomic mass is 16.5. The second-order valence-corrected chi connectivity index (χ2v) is 4.40. The lowest BCUT2D eigenvalue weighted by Crippen LogP contribution is -2.42. The lowest BCUT2D eigenvalue weighted by atomic mass is 9.98. The van der Waals surface area contributed by atoms with Crippen LogP contribution in [-0.2, 0) is 9.53 Å². The molecule has 0 unspecified atom stereocenters. The van der Waals surface area contributed by atoms with Crippen LogP contribution in [0.1, 0.15) is 25.7 Å². The first kappa shape index (κ1) is 10.9. The fourth-order valence-electron chi connectivity index (χ4n) is 2.49. The number of likely N-dealkylation sites (tertiary alicyclic amines) is 1. The Kier molecular flexibility index (Phi) is 3.59. The number of ether oxygens (including phenoxy) is 1. The zero-order chi connectivity index (χ0) is 10.7. The minimum Gasteiger partial charge on any atom is -0.394 e. The maximum absolute atomic E-state index is 12.1. The standard InChI is InChI=1S/C11H19NO3/c13-8-10-2-1-5-12(10)11(14)9-3-6-15-7-4-9/h9-10,13H,1-8H2/t10-/m0/s1. The third-order valence-electron chi connectivity index (χ3n) is 3.44. The molecule has 0 aromatic heterocycles. The first-order valence-corrected chi connectivity index (χ1v) is 5.82. The molecule has 2 fully saturated rings. The van der Waals surface area contributed by atoms with Crippen LogP contribution in [0, 0.1) is 5.92 Å². The van der Waals surface area contributed by atoms with Crippen molar-refractivity contribution in [3.63, 3.8) is 0 Å². The van der Waals surface area contributed by atoms with Gasteiger partial charge in [-0.25, -0.2) is 0 Å². The number of aliphatic hydroxyl groups is 1. The number of nitrogens with zero attached hydrogens (tertiary/aromatic N) is 1. The number of rotatable bonds is 2. The van der Waals surface area contributed by atoms with E-state index in [-0.39, 0.29) is 24.5 Å². The summed E-state index contributed by atoms with van der Waals surface area (Å²) in [6.45, 7) is 2.33. The molecular weight excluding hydrogens is 194 g/mol. The molecule has 4 heteroatoms. The molecule has 0 bridgehead atoms. The van der Waals surface area contributed by atoms with E-state index in [4.69, 9.17) is 9.84 Å². The van der Waals surface area contributed by atoms with Crippen LogP contribution >= 0.6 is 0 Å². The smallest absolute Gasteiger partial charge is 0.226 e. The van der Waals surface area contributed by atoms with Crippen LogP contribution in [0.15, 0.2) is 0 Å². The van der Waals surface area contributed by atoms with Crippen LogP contribution in [-0.4, -0.2) is 48.3 Å². The number of hydrogen-bond donors (Lipinski definition) is 1. The summed E-state index contributed by atoms with van der Waals surface area (Å²) in [5, 5.41) is 9.17. The van der Waals surface area contributed by atoms with Gasteiger partial charge in [-0.3, -0.25) is 4.79 Å². The summed E-state index contributed by atoms with van der Waals surface area (Å²) in [7, 11) is 0. The summed E-state index contributed by atoms with van der Waals surface area (Å²) < 4.78 is 5.25. The van der Waals surface area contributed by atoms with Crippen LogP contribution in [0.4, 0.5) is 0 Å². The van der Waals surface area contributed by atoms with Gasteiger partial charge in [-0.1, -0.05) is 0 Å². The molecule has 0 saturated carbocycles. The first-order valence-electron chi connectivity index (χ1n) is 5.82. The highest BCUT2D eigenvalue weighted by molar-refractivity contribution is 5.79. The van der Waals surface area contributed by atoms with Crippen LogP contribution in [0.5, 0.6) is 0 Å². The van der Waals surface area contributed by atoms with Gasteiger partial charge < -0.3 is 14.7 Å². The van der Waals surface area contributed by atoms with Gasteiger partial charge in [0.05, 0.1) is 12.6 Å². The second-order valence-electron chi connectivity index (χ2n) is 4.40. The van der Waals surface area contributed by atoms with E-state index >= 15 is 0 Å². The van der Waals surface area contributed by atoms with Gasteiger partial charge in [0.1, 0.15) is 0 Å². The molecule has 0 aliphatic carbocycles. The summed E-state index contributed by atoms with van der Waals surface area (Å²) in [5.41, 5.74) is 0. The number of amides is 1. The van der Waals surface area contributed by atoms with Gasteiger partial charge in [0.2, 0.25) is 5.91 Å². The molecule has 86 valence electrons. The number of aliphatic hydroxyl groups excluding tert-OH is 1. The molecule has 2 saturated heterocycles. The van der Waals surface area contributed by atoms with Gasteiger partial charge in [-0.05, 0) is 25.7 Å². The molecule has 2 aliphatic heterocycles. The second kappa shape index (κ2) is 4.94. The molecule has 1 N–H and O–H groups in total. The summed E-state index contributed by atoms with van der Waals surface area (Å²) in [6.07, 6.45) is 3.66. The Hall–Kier alpha value is -0.610. The molecule has 0 radical (unpaired) electrons. The Morgan fingerprint density at radius 2 is 2.07 bits per heavy atom. The molecule has 1 amide bonds. The van der Waals surface area contributed by atoms with Crippen molar-refractivity contribution in [3.05, 3.63) is 0 Å². The Morgan fingerprint density at radius 1 is 1.33 bits per heavy atom.